The predicted molar refractivity (Wildman–Crippen MR) is 66.6 cm³/mol. The zero-order valence-corrected chi connectivity index (χ0v) is 10.9. The predicted octanol–water partition coefficient (Wildman–Crippen LogP) is 2.26. The Morgan fingerprint density at radius 3 is 2.57 bits per heavy atom. The smallest absolute Gasteiger partial charge is 0.431 e. The minimum Gasteiger partial charge on any atom is -0.467 e. The molecule has 0 aliphatic rings. The second-order valence-electron chi connectivity index (χ2n) is 4.35. The fourth-order valence-corrected chi connectivity index (χ4v) is 1.72. The lowest BCUT2D eigenvalue weighted by Crippen LogP contribution is -2.32. The molecular formula is C13H11F3N2O3. The molecule has 0 spiro atoms. The molecule has 1 amide bonds. The fourth-order valence-electron chi connectivity index (χ4n) is 1.72. The number of nitrogens with zero attached hydrogens (tertiary/aromatic N) is 1. The summed E-state index contributed by atoms with van der Waals surface area (Å²) in [7, 11) is 1.42. The molecule has 8 heteroatoms. The summed E-state index contributed by atoms with van der Waals surface area (Å²) in [6.45, 7) is 0.103. The van der Waals surface area contributed by atoms with Crippen molar-refractivity contribution in [3.05, 3.63) is 57.9 Å². The lowest BCUT2D eigenvalue weighted by molar-refractivity contribution is -0.141. The van der Waals surface area contributed by atoms with Crippen molar-refractivity contribution in [1.29, 1.82) is 0 Å². The topological polar surface area (TPSA) is 66.3 Å². The van der Waals surface area contributed by atoms with Crippen LogP contribution in [0.4, 0.5) is 13.2 Å². The van der Waals surface area contributed by atoms with E-state index in [1.807, 2.05) is 0 Å². The Kier molecular flexibility index (Phi) is 3.88. The summed E-state index contributed by atoms with van der Waals surface area (Å²) >= 11 is 0. The number of alkyl halides is 3. The van der Waals surface area contributed by atoms with Gasteiger partial charge in [0, 0.05) is 7.05 Å². The fraction of sp³-hybridized carbons (Fsp3) is 0.231. The molecule has 2 aromatic heterocycles. The first-order chi connectivity index (χ1) is 9.79. The van der Waals surface area contributed by atoms with Crippen molar-refractivity contribution in [2.75, 3.05) is 7.05 Å². The largest absolute Gasteiger partial charge is 0.467 e. The molecule has 0 aliphatic heterocycles. The number of hydrogen-bond acceptors (Lipinski definition) is 3. The highest BCUT2D eigenvalue weighted by molar-refractivity contribution is 5.93. The van der Waals surface area contributed by atoms with Crippen LogP contribution in [0.25, 0.3) is 0 Å². The number of carbonyl (C=O) groups is 1. The van der Waals surface area contributed by atoms with Gasteiger partial charge in [-0.1, -0.05) is 0 Å². The average molecular weight is 300 g/mol. The van der Waals surface area contributed by atoms with E-state index < -0.39 is 23.3 Å². The van der Waals surface area contributed by atoms with E-state index in [0.29, 0.717) is 11.8 Å². The number of amides is 1. The Morgan fingerprint density at radius 1 is 1.33 bits per heavy atom. The van der Waals surface area contributed by atoms with Gasteiger partial charge in [-0.05, 0) is 24.3 Å². The lowest BCUT2D eigenvalue weighted by Gasteiger charge is -2.15. The zero-order chi connectivity index (χ0) is 15.6. The van der Waals surface area contributed by atoms with Gasteiger partial charge in [-0.2, -0.15) is 13.2 Å². The number of halogens is 3. The second-order valence-corrected chi connectivity index (χ2v) is 4.35. The van der Waals surface area contributed by atoms with Crippen LogP contribution in [-0.2, 0) is 12.7 Å². The maximum atomic E-state index is 12.4. The molecule has 2 aromatic rings. The molecule has 0 unspecified atom stereocenters. The van der Waals surface area contributed by atoms with Gasteiger partial charge < -0.3 is 14.3 Å². The summed E-state index contributed by atoms with van der Waals surface area (Å²) in [4.78, 5) is 26.5. The highest BCUT2D eigenvalue weighted by Gasteiger charge is 2.32. The molecule has 0 atom stereocenters. The number of furan rings is 1. The maximum absolute atomic E-state index is 12.4. The van der Waals surface area contributed by atoms with Gasteiger partial charge in [0.25, 0.3) is 11.5 Å². The van der Waals surface area contributed by atoms with Gasteiger partial charge in [0.15, 0.2) is 0 Å². The van der Waals surface area contributed by atoms with Crippen LogP contribution in [0.3, 0.4) is 0 Å². The van der Waals surface area contributed by atoms with Crippen molar-refractivity contribution in [3.8, 4) is 0 Å². The number of nitrogens with one attached hydrogen (secondary N) is 1. The number of H-pyrrole nitrogens is 1. The minimum absolute atomic E-state index is 0.103. The first-order valence-corrected chi connectivity index (χ1v) is 5.87. The number of aromatic amines is 1. The van der Waals surface area contributed by atoms with Crippen LogP contribution < -0.4 is 5.56 Å². The Bertz CT molecular complexity index is 689. The van der Waals surface area contributed by atoms with Crippen molar-refractivity contribution < 1.29 is 22.4 Å². The number of aromatic nitrogens is 1. The Balaban J connectivity index is 2.21. The minimum atomic E-state index is -4.67. The molecule has 1 N–H and O–H groups in total. The molecule has 0 bridgehead atoms. The van der Waals surface area contributed by atoms with Gasteiger partial charge in [-0.3, -0.25) is 9.59 Å². The Hall–Kier alpha value is -2.51. The van der Waals surface area contributed by atoms with Gasteiger partial charge in [-0.25, -0.2) is 0 Å². The van der Waals surface area contributed by atoms with Gasteiger partial charge >= 0.3 is 6.18 Å². The standard InChI is InChI=1S/C13H11F3N2O3/c1-18(7-8-3-2-6-21-8)12(20)9-4-5-10(13(14,15)16)17-11(9)19/h2-6H,7H2,1H3,(H,17,19). The average Bonchev–Trinajstić information content (AvgIpc) is 2.89. The summed E-state index contributed by atoms with van der Waals surface area (Å²) in [6.07, 6.45) is -3.24. The molecule has 2 heterocycles. The molecule has 0 fully saturated rings. The summed E-state index contributed by atoms with van der Waals surface area (Å²) in [5.74, 6) is -0.199. The van der Waals surface area contributed by atoms with Crippen LogP contribution in [0, 0.1) is 0 Å². The molecule has 0 saturated carbocycles. The normalized spacial score (nSPS) is 11.4. The molecule has 112 valence electrons. The lowest BCUT2D eigenvalue weighted by atomic mass is 10.2. The highest BCUT2D eigenvalue weighted by Crippen LogP contribution is 2.26. The van der Waals surface area contributed by atoms with E-state index in [0.717, 1.165) is 6.07 Å². The van der Waals surface area contributed by atoms with Crippen LogP contribution in [0.5, 0.6) is 0 Å². The molecule has 5 nitrogen and oxygen atoms in total. The molecule has 2 rings (SSSR count). The van der Waals surface area contributed by atoms with E-state index in [1.54, 1.807) is 17.1 Å². The van der Waals surface area contributed by atoms with Gasteiger partial charge in [0.2, 0.25) is 0 Å². The van der Waals surface area contributed by atoms with Crippen molar-refractivity contribution >= 4 is 5.91 Å². The molecule has 0 saturated heterocycles. The zero-order valence-electron chi connectivity index (χ0n) is 10.9. The summed E-state index contributed by atoms with van der Waals surface area (Å²) in [6, 6.07) is 4.80. The molecule has 21 heavy (non-hydrogen) atoms. The number of carbonyl (C=O) groups excluding carboxylic acids is 1. The van der Waals surface area contributed by atoms with E-state index in [9.17, 15) is 22.8 Å². The van der Waals surface area contributed by atoms with Gasteiger partial charge in [0.1, 0.15) is 17.0 Å². The summed E-state index contributed by atoms with van der Waals surface area (Å²) < 4.78 is 42.4. The SMILES string of the molecule is CN(Cc1ccco1)C(=O)c1ccc(C(F)(F)F)[nH]c1=O. The summed E-state index contributed by atoms with van der Waals surface area (Å²) in [5, 5.41) is 0. The van der Waals surface area contributed by atoms with E-state index in [4.69, 9.17) is 4.42 Å². The van der Waals surface area contributed by atoms with E-state index in [2.05, 4.69) is 0 Å². The summed E-state index contributed by atoms with van der Waals surface area (Å²) in [5.41, 5.74) is -2.64. The quantitative estimate of drug-likeness (QED) is 0.945. The first kappa shape index (κ1) is 14.9. The Morgan fingerprint density at radius 2 is 2.05 bits per heavy atom. The Labute approximate surface area is 117 Å². The van der Waals surface area contributed by atoms with Crippen molar-refractivity contribution in [1.82, 2.24) is 9.88 Å². The van der Waals surface area contributed by atoms with Crippen LogP contribution >= 0.6 is 0 Å². The third kappa shape index (κ3) is 3.33. The molecule has 0 aliphatic carbocycles. The van der Waals surface area contributed by atoms with Crippen molar-refractivity contribution in [3.63, 3.8) is 0 Å². The maximum Gasteiger partial charge on any atom is 0.431 e. The van der Waals surface area contributed by atoms with Crippen LogP contribution in [0.15, 0.2) is 39.7 Å². The number of hydrogen-bond donors (Lipinski definition) is 1. The molecular weight excluding hydrogens is 289 g/mol. The second kappa shape index (κ2) is 5.47. The first-order valence-electron chi connectivity index (χ1n) is 5.87. The monoisotopic (exact) mass is 300 g/mol. The van der Waals surface area contributed by atoms with Crippen LogP contribution in [0.1, 0.15) is 21.8 Å². The third-order valence-corrected chi connectivity index (χ3v) is 2.77. The van der Waals surface area contributed by atoms with Crippen LogP contribution in [-0.4, -0.2) is 22.8 Å². The number of pyridine rings is 1. The van der Waals surface area contributed by atoms with E-state index in [-0.39, 0.29) is 12.1 Å². The third-order valence-electron chi connectivity index (χ3n) is 2.77. The van der Waals surface area contributed by atoms with E-state index in [1.165, 1.54) is 18.2 Å². The van der Waals surface area contributed by atoms with E-state index >= 15 is 0 Å². The van der Waals surface area contributed by atoms with Gasteiger partial charge in [-0.15, -0.1) is 0 Å². The highest BCUT2D eigenvalue weighted by atomic mass is 19.4. The van der Waals surface area contributed by atoms with Crippen molar-refractivity contribution in [2.45, 2.75) is 12.7 Å². The molecule has 0 radical (unpaired) electrons. The molecule has 0 aromatic carbocycles. The van der Waals surface area contributed by atoms with Crippen molar-refractivity contribution in [2.24, 2.45) is 0 Å². The number of rotatable bonds is 3. The van der Waals surface area contributed by atoms with Crippen LogP contribution in [0.2, 0.25) is 0 Å². The van der Waals surface area contributed by atoms with Gasteiger partial charge in [0.05, 0.1) is 12.8 Å².